The van der Waals surface area contributed by atoms with Crippen molar-refractivity contribution in [3.8, 4) is 0 Å². The minimum absolute atomic E-state index is 0.0702. The molecule has 3 rings (SSSR count). The first kappa shape index (κ1) is 17.8. The largest absolute Gasteiger partial charge is 0.383 e. The summed E-state index contributed by atoms with van der Waals surface area (Å²) < 4.78 is 7.11. The van der Waals surface area contributed by atoms with Crippen LogP contribution in [-0.2, 0) is 23.1 Å². The first-order valence-corrected chi connectivity index (χ1v) is 8.78. The zero-order chi connectivity index (χ0) is 17.6. The number of aryl methyl sites for hydroxylation is 1. The second kappa shape index (κ2) is 8.42. The van der Waals surface area contributed by atoms with Crippen molar-refractivity contribution in [1.29, 1.82) is 0 Å². The molecule has 1 amide bonds. The molecule has 1 aliphatic rings. The van der Waals surface area contributed by atoms with E-state index < -0.39 is 0 Å². The van der Waals surface area contributed by atoms with Gasteiger partial charge < -0.3 is 14.6 Å². The molecule has 0 unspecified atom stereocenters. The van der Waals surface area contributed by atoms with Crippen LogP contribution >= 0.6 is 0 Å². The average Bonchev–Trinajstić information content (AvgIpc) is 2.93. The Hall–Kier alpha value is -1.96. The van der Waals surface area contributed by atoms with Crippen molar-refractivity contribution >= 4 is 16.9 Å². The Morgan fingerprint density at radius 1 is 1.20 bits per heavy atom. The van der Waals surface area contributed by atoms with Crippen molar-refractivity contribution in [2.75, 3.05) is 53.0 Å². The predicted octanol–water partition coefficient (Wildman–Crippen LogP) is 0.454. The van der Waals surface area contributed by atoms with Gasteiger partial charge in [-0.05, 0) is 12.1 Å². The maximum Gasteiger partial charge on any atom is 0.234 e. The van der Waals surface area contributed by atoms with Crippen LogP contribution < -0.4 is 5.32 Å². The van der Waals surface area contributed by atoms with E-state index in [1.54, 1.807) is 7.11 Å². The molecule has 1 N–H and O–H groups in total. The number of aromatic nitrogens is 2. The number of hydrogen-bond donors (Lipinski definition) is 1. The molecule has 1 aromatic carbocycles. The molecule has 1 saturated heterocycles. The summed E-state index contributed by atoms with van der Waals surface area (Å²) in [4.78, 5) is 21.2. The van der Waals surface area contributed by atoms with Gasteiger partial charge >= 0.3 is 0 Å². The van der Waals surface area contributed by atoms with Crippen LogP contribution in [-0.4, -0.2) is 78.2 Å². The number of amides is 1. The molecule has 7 nitrogen and oxygen atoms in total. The molecule has 2 heterocycles. The fourth-order valence-corrected chi connectivity index (χ4v) is 3.19. The van der Waals surface area contributed by atoms with E-state index >= 15 is 0 Å². The summed E-state index contributed by atoms with van der Waals surface area (Å²) in [5.74, 6) is 1.16. The highest BCUT2D eigenvalue weighted by atomic mass is 16.5. The summed E-state index contributed by atoms with van der Waals surface area (Å²) in [6.07, 6.45) is 0. The van der Waals surface area contributed by atoms with Gasteiger partial charge in [-0.1, -0.05) is 12.1 Å². The van der Waals surface area contributed by atoms with Crippen LogP contribution in [0.15, 0.2) is 24.3 Å². The van der Waals surface area contributed by atoms with Gasteiger partial charge in [0.15, 0.2) is 0 Å². The van der Waals surface area contributed by atoms with E-state index in [0.29, 0.717) is 19.7 Å². The van der Waals surface area contributed by atoms with Crippen LogP contribution in [0.3, 0.4) is 0 Å². The molecule has 136 valence electrons. The third kappa shape index (κ3) is 4.56. The van der Waals surface area contributed by atoms with Crippen molar-refractivity contribution in [3.63, 3.8) is 0 Å². The summed E-state index contributed by atoms with van der Waals surface area (Å²) in [6, 6.07) is 8.23. The van der Waals surface area contributed by atoms with Crippen molar-refractivity contribution in [2.45, 2.75) is 6.54 Å². The zero-order valence-corrected chi connectivity index (χ0v) is 15.1. The number of nitrogens with one attached hydrogen (secondary N) is 1. The van der Waals surface area contributed by atoms with Gasteiger partial charge in [-0.15, -0.1) is 0 Å². The smallest absolute Gasteiger partial charge is 0.234 e. The van der Waals surface area contributed by atoms with Crippen LogP contribution in [0.25, 0.3) is 11.0 Å². The fourth-order valence-electron chi connectivity index (χ4n) is 3.19. The Morgan fingerprint density at radius 3 is 2.64 bits per heavy atom. The van der Waals surface area contributed by atoms with Crippen molar-refractivity contribution in [2.24, 2.45) is 7.05 Å². The molecule has 1 aliphatic heterocycles. The maximum absolute atomic E-state index is 11.9. The van der Waals surface area contributed by atoms with Crippen molar-refractivity contribution < 1.29 is 9.53 Å². The zero-order valence-electron chi connectivity index (χ0n) is 15.1. The second-order valence-corrected chi connectivity index (χ2v) is 6.47. The highest BCUT2D eigenvalue weighted by Gasteiger charge is 2.20. The van der Waals surface area contributed by atoms with E-state index in [1.165, 1.54) is 5.52 Å². The number of rotatable bonds is 7. The van der Waals surface area contributed by atoms with Crippen LogP contribution in [0.2, 0.25) is 0 Å². The molecule has 0 atom stereocenters. The molecular formula is C18H27N5O2. The van der Waals surface area contributed by atoms with Gasteiger partial charge in [-0.3, -0.25) is 14.6 Å². The summed E-state index contributed by atoms with van der Waals surface area (Å²) in [5, 5.41) is 2.87. The second-order valence-electron chi connectivity index (χ2n) is 6.47. The monoisotopic (exact) mass is 345 g/mol. The molecule has 0 aliphatic carbocycles. The third-order valence-electron chi connectivity index (χ3n) is 4.71. The molecule has 0 bridgehead atoms. The van der Waals surface area contributed by atoms with Crippen molar-refractivity contribution in [3.05, 3.63) is 30.1 Å². The lowest BCUT2D eigenvalue weighted by Crippen LogP contribution is -2.49. The van der Waals surface area contributed by atoms with Crippen LogP contribution in [0.5, 0.6) is 0 Å². The number of nitrogens with zero attached hydrogens (tertiary/aromatic N) is 4. The SMILES string of the molecule is COCCNC(=O)CN1CCN(Cc2nc3ccccc3n2C)CC1. The van der Waals surface area contributed by atoms with E-state index in [1.807, 2.05) is 12.1 Å². The van der Waals surface area contributed by atoms with Gasteiger partial charge in [0.05, 0.1) is 30.7 Å². The lowest BCUT2D eigenvalue weighted by atomic mass is 10.3. The molecule has 0 saturated carbocycles. The quantitative estimate of drug-likeness (QED) is 0.739. The van der Waals surface area contributed by atoms with Gasteiger partial charge in [-0.25, -0.2) is 4.98 Å². The Kier molecular flexibility index (Phi) is 6.01. The van der Waals surface area contributed by atoms with Gasteiger partial charge in [0.25, 0.3) is 0 Å². The third-order valence-corrected chi connectivity index (χ3v) is 4.71. The number of imidazole rings is 1. The van der Waals surface area contributed by atoms with Gasteiger partial charge in [0, 0.05) is 46.9 Å². The number of carbonyl (C=O) groups excluding carboxylic acids is 1. The fraction of sp³-hybridized carbons (Fsp3) is 0.556. The Labute approximate surface area is 148 Å². The number of para-hydroxylation sites is 2. The van der Waals surface area contributed by atoms with Gasteiger partial charge in [0.1, 0.15) is 5.82 Å². The van der Waals surface area contributed by atoms with Crippen LogP contribution in [0.4, 0.5) is 0 Å². The molecule has 0 radical (unpaired) electrons. The number of ether oxygens (including phenoxy) is 1. The molecule has 1 fully saturated rings. The molecule has 25 heavy (non-hydrogen) atoms. The summed E-state index contributed by atoms with van der Waals surface area (Å²) in [5.41, 5.74) is 2.22. The van der Waals surface area contributed by atoms with E-state index in [-0.39, 0.29) is 5.91 Å². The minimum atomic E-state index is 0.0702. The summed E-state index contributed by atoms with van der Waals surface area (Å²) >= 11 is 0. The normalized spacial score (nSPS) is 16.4. The number of methoxy groups -OCH3 is 1. The molecule has 2 aromatic rings. The highest BCUT2D eigenvalue weighted by Crippen LogP contribution is 2.16. The predicted molar refractivity (Wildman–Crippen MR) is 97.3 cm³/mol. The topological polar surface area (TPSA) is 62.6 Å². The molecule has 1 aromatic heterocycles. The van der Waals surface area contributed by atoms with Crippen LogP contribution in [0, 0.1) is 0 Å². The Morgan fingerprint density at radius 2 is 1.92 bits per heavy atom. The summed E-state index contributed by atoms with van der Waals surface area (Å²) in [6.45, 7) is 6.15. The van der Waals surface area contributed by atoms with Crippen molar-refractivity contribution in [1.82, 2.24) is 24.7 Å². The Bertz CT molecular complexity index is 707. The maximum atomic E-state index is 11.9. The number of carbonyl (C=O) groups is 1. The Balaban J connectivity index is 1.47. The number of piperazine rings is 1. The first-order chi connectivity index (χ1) is 12.2. The molecular weight excluding hydrogens is 318 g/mol. The van der Waals surface area contributed by atoms with Gasteiger partial charge in [-0.2, -0.15) is 0 Å². The van der Waals surface area contributed by atoms with Crippen LogP contribution in [0.1, 0.15) is 5.82 Å². The lowest BCUT2D eigenvalue weighted by Gasteiger charge is -2.34. The van der Waals surface area contributed by atoms with Gasteiger partial charge in [0.2, 0.25) is 5.91 Å². The number of benzene rings is 1. The minimum Gasteiger partial charge on any atom is -0.383 e. The number of fused-ring (bicyclic) bond motifs is 1. The summed E-state index contributed by atoms with van der Waals surface area (Å²) in [7, 11) is 3.71. The first-order valence-electron chi connectivity index (χ1n) is 8.78. The number of hydrogen-bond acceptors (Lipinski definition) is 5. The van der Waals surface area contributed by atoms with E-state index in [4.69, 9.17) is 9.72 Å². The molecule has 7 heteroatoms. The van der Waals surface area contributed by atoms with E-state index in [9.17, 15) is 4.79 Å². The standard InChI is InChI=1S/C18H27N5O2/c1-21-16-6-4-3-5-15(16)20-17(21)13-22-8-10-23(11-9-22)14-18(24)19-7-12-25-2/h3-6H,7-14H2,1-2H3,(H,19,24). The highest BCUT2D eigenvalue weighted by molar-refractivity contribution is 5.78. The average molecular weight is 345 g/mol. The van der Waals surface area contributed by atoms with E-state index in [0.717, 1.165) is 44.1 Å². The van der Waals surface area contributed by atoms with E-state index in [2.05, 4.69) is 38.9 Å². The lowest BCUT2D eigenvalue weighted by molar-refractivity contribution is -0.122. The molecule has 0 spiro atoms.